The molecule has 0 aliphatic carbocycles. The summed E-state index contributed by atoms with van der Waals surface area (Å²) in [4.78, 5) is 2.03. The monoisotopic (exact) mass is 265 g/mol. The van der Waals surface area contributed by atoms with E-state index in [1.165, 1.54) is 4.88 Å². The number of aryl methyl sites for hydroxylation is 2. The number of hydrogen-bond donors (Lipinski definition) is 1. The van der Waals surface area contributed by atoms with Gasteiger partial charge in [0, 0.05) is 10.6 Å². The predicted octanol–water partition coefficient (Wildman–Crippen LogP) is 2.99. The van der Waals surface area contributed by atoms with Crippen LogP contribution in [0.15, 0.2) is 40.6 Å². The summed E-state index contributed by atoms with van der Waals surface area (Å²) in [6.07, 6.45) is 0.845. The van der Waals surface area contributed by atoms with Crippen molar-refractivity contribution in [1.82, 2.24) is 0 Å². The topological polar surface area (TPSA) is 43.1 Å². The van der Waals surface area contributed by atoms with Gasteiger partial charge in [-0.3, -0.25) is 4.21 Å². The summed E-state index contributed by atoms with van der Waals surface area (Å²) in [5.41, 5.74) is 7.60. The number of nitrogen functional groups attached to an aromatic ring is 1. The molecule has 0 aliphatic rings. The molecular formula is C13H15NOS2. The first-order valence-corrected chi connectivity index (χ1v) is 7.64. The minimum Gasteiger partial charge on any atom is -0.398 e. The van der Waals surface area contributed by atoms with Crippen molar-refractivity contribution in [3.8, 4) is 0 Å². The van der Waals surface area contributed by atoms with E-state index in [1.54, 1.807) is 11.3 Å². The van der Waals surface area contributed by atoms with Crippen LogP contribution in [0.2, 0.25) is 0 Å². The molecule has 0 saturated heterocycles. The fourth-order valence-corrected chi connectivity index (χ4v) is 3.71. The highest BCUT2D eigenvalue weighted by molar-refractivity contribution is 7.85. The number of thiophene rings is 1. The van der Waals surface area contributed by atoms with E-state index in [9.17, 15) is 4.21 Å². The van der Waals surface area contributed by atoms with E-state index in [4.69, 9.17) is 5.73 Å². The van der Waals surface area contributed by atoms with Gasteiger partial charge in [0.15, 0.2) is 0 Å². The lowest BCUT2D eigenvalue weighted by molar-refractivity contribution is 0.682. The fourth-order valence-electron chi connectivity index (χ4n) is 1.61. The van der Waals surface area contributed by atoms with E-state index >= 15 is 0 Å². The molecule has 0 radical (unpaired) electrons. The Hall–Kier alpha value is -1.13. The molecule has 0 bridgehead atoms. The molecule has 0 saturated carbocycles. The largest absolute Gasteiger partial charge is 0.398 e. The molecule has 0 spiro atoms. The maximum atomic E-state index is 12.1. The van der Waals surface area contributed by atoms with Gasteiger partial charge in [0.1, 0.15) is 0 Å². The Morgan fingerprint density at radius 2 is 2.12 bits per heavy atom. The Labute approximate surface area is 108 Å². The molecule has 0 aliphatic heterocycles. The van der Waals surface area contributed by atoms with Gasteiger partial charge >= 0.3 is 0 Å². The molecule has 2 rings (SSSR count). The van der Waals surface area contributed by atoms with Gasteiger partial charge in [-0.15, -0.1) is 11.3 Å². The van der Waals surface area contributed by atoms with Gasteiger partial charge in [0.05, 0.1) is 21.4 Å². The lowest BCUT2D eigenvalue weighted by Gasteiger charge is -2.07. The second-order valence-corrected chi connectivity index (χ2v) is 6.44. The zero-order chi connectivity index (χ0) is 12.3. The lowest BCUT2D eigenvalue weighted by Crippen LogP contribution is -2.05. The third-order valence-electron chi connectivity index (χ3n) is 2.64. The maximum Gasteiger partial charge on any atom is 0.0620 e. The summed E-state index contributed by atoms with van der Waals surface area (Å²) in [5, 5.41) is 2.04. The molecular weight excluding hydrogens is 250 g/mol. The number of rotatable bonds is 4. The minimum atomic E-state index is -1.01. The molecule has 0 amide bonds. The first kappa shape index (κ1) is 12.3. The van der Waals surface area contributed by atoms with Crippen LogP contribution < -0.4 is 5.73 Å². The number of para-hydroxylation sites is 1. The average Bonchev–Trinajstić information content (AvgIpc) is 2.82. The van der Waals surface area contributed by atoms with Crippen molar-refractivity contribution in [1.29, 1.82) is 0 Å². The van der Waals surface area contributed by atoms with Crippen LogP contribution in [0.4, 0.5) is 5.69 Å². The van der Waals surface area contributed by atoms with Crippen molar-refractivity contribution in [3.63, 3.8) is 0 Å². The van der Waals surface area contributed by atoms with Crippen LogP contribution in [0.5, 0.6) is 0 Å². The molecule has 90 valence electrons. The lowest BCUT2D eigenvalue weighted by atomic mass is 10.2. The smallest absolute Gasteiger partial charge is 0.0620 e. The number of nitrogens with two attached hydrogens (primary N) is 1. The van der Waals surface area contributed by atoms with E-state index in [-0.39, 0.29) is 0 Å². The summed E-state index contributed by atoms with van der Waals surface area (Å²) < 4.78 is 12.1. The standard InChI is InChI=1S/C13H15NOS2/c1-10-4-2-6-12(13(10)14)17(15)9-7-11-5-3-8-16-11/h2-6,8H,7,9,14H2,1H3. The van der Waals surface area contributed by atoms with Crippen LogP contribution in [-0.2, 0) is 17.2 Å². The van der Waals surface area contributed by atoms with Crippen LogP contribution >= 0.6 is 11.3 Å². The van der Waals surface area contributed by atoms with Crippen LogP contribution in [-0.4, -0.2) is 9.96 Å². The number of anilines is 1. The normalized spacial score (nSPS) is 12.5. The van der Waals surface area contributed by atoms with Crippen molar-refractivity contribution < 1.29 is 4.21 Å². The highest BCUT2D eigenvalue weighted by Gasteiger charge is 2.09. The second-order valence-electron chi connectivity index (χ2n) is 3.87. The van der Waals surface area contributed by atoms with E-state index in [2.05, 4.69) is 6.07 Å². The highest BCUT2D eigenvalue weighted by atomic mass is 32.2. The van der Waals surface area contributed by atoms with Crippen molar-refractivity contribution in [2.75, 3.05) is 11.5 Å². The second kappa shape index (κ2) is 5.47. The molecule has 0 fully saturated rings. The van der Waals surface area contributed by atoms with Gasteiger partial charge in [-0.1, -0.05) is 18.2 Å². The average molecular weight is 265 g/mol. The molecule has 4 heteroatoms. The zero-order valence-electron chi connectivity index (χ0n) is 9.68. The zero-order valence-corrected chi connectivity index (χ0v) is 11.3. The molecule has 1 aromatic carbocycles. The van der Waals surface area contributed by atoms with E-state index in [0.29, 0.717) is 11.4 Å². The molecule has 1 heterocycles. The van der Waals surface area contributed by atoms with Gasteiger partial charge in [0.25, 0.3) is 0 Å². The fraction of sp³-hybridized carbons (Fsp3) is 0.231. The van der Waals surface area contributed by atoms with Gasteiger partial charge in [-0.2, -0.15) is 0 Å². The van der Waals surface area contributed by atoms with Crippen molar-refractivity contribution in [3.05, 3.63) is 46.2 Å². The predicted molar refractivity (Wildman–Crippen MR) is 74.9 cm³/mol. The van der Waals surface area contributed by atoms with Gasteiger partial charge in [-0.05, 0) is 36.4 Å². The van der Waals surface area contributed by atoms with Crippen molar-refractivity contribution in [2.45, 2.75) is 18.2 Å². The molecule has 1 unspecified atom stereocenters. The molecule has 2 nitrogen and oxygen atoms in total. The molecule has 17 heavy (non-hydrogen) atoms. The quantitative estimate of drug-likeness (QED) is 0.864. The maximum absolute atomic E-state index is 12.1. The third-order valence-corrected chi connectivity index (χ3v) is 5.00. The summed E-state index contributed by atoms with van der Waals surface area (Å²) in [6.45, 7) is 1.94. The Morgan fingerprint density at radius 1 is 1.29 bits per heavy atom. The molecule has 2 aromatic rings. The summed E-state index contributed by atoms with van der Waals surface area (Å²) >= 11 is 1.70. The Kier molecular flexibility index (Phi) is 3.97. The molecule has 2 N–H and O–H groups in total. The van der Waals surface area contributed by atoms with Gasteiger partial charge in [-0.25, -0.2) is 0 Å². The molecule has 1 aromatic heterocycles. The van der Waals surface area contributed by atoms with E-state index in [0.717, 1.165) is 16.9 Å². The summed E-state index contributed by atoms with van der Waals surface area (Å²) in [6, 6.07) is 9.79. The first-order valence-electron chi connectivity index (χ1n) is 5.44. The Morgan fingerprint density at radius 3 is 2.82 bits per heavy atom. The van der Waals surface area contributed by atoms with Crippen LogP contribution in [0.3, 0.4) is 0 Å². The van der Waals surface area contributed by atoms with Crippen molar-refractivity contribution >= 4 is 27.8 Å². The Bertz CT molecular complexity index is 520. The van der Waals surface area contributed by atoms with Crippen LogP contribution in [0.1, 0.15) is 10.4 Å². The first-order chi connectivity index (χ1) is 8.18. The highest BCUT2D eigenvalue weighted by Crippen LogP contribution is 2.21. The Balaban J connectivity index is 2.07. The third kappa shape index (κ3) is 2.96. The summed E-state index contributed by atoms with van der Waals surface area (Å²) in [5.74, 6) is 0.633. The van der Waals surface area contributed by atoms with Gasteiger partial charge in [0.2, 0.25) is 0 Å². The number of benzene rings is 1. The SMILES string of the molecule is Cc1cccc(S(=O)CCc2cccs2)c1N. The van der Waals surface area contributed by atoms with Crippen molar-refractivity contribution in [2.24, 2.45) is 0 Å². The van der Waals surface area contributed by atoms with Crippen LogP contribution in [0, 0.1) is 6.92 Å². The molecule has 1 atom stereocenters. The minimum absolute atomic E-state index is 0.633. The van der Waals surface area contributed by atoms with E-state index < -0.39 is 10.8 Å². The van der Waals surface area contributed by atoms with Crippen LogP contribution in [0.25, 0.3) is 0 Å². The number of hydrogen-bond acceptors (Lipinski definition) is 3. The summed E-state index contributed by atoms with van der Waals surface area (Å²) in [7, 11) is -1.01. The van der Waals surface area contributed by atoms with Gasteiger partial charge < -0.3 is 5.73 Å². The van der Waals surface area contributed by atoms with E-state index in [1.807, 2.05) is 36.6 Å².